The first kappa shape index (κ1) is 17.2. The molecule has 24 heavy (non-hydrogen) atoms. The second kappa shape index (κ2) is 6.73. The third-order valence-corrected chi connectivity index (χ3v) is 4.84. The molecule has 2 heterocycles. The summed E-state index contributed by atoms with van der Waals surface area (Å²) in [6, 6.07) is 8.53. The Morgan fingerprint density at radius 1 is 1.29 bits per heavy atom. The van der Waals surface area contributed by atoms with Crippen LogP contribution >= 0.6 is 0 Å². The van der Waals surface area contributed by atoms with Gasteiger partial charge in [0.25, 0.3) is 0 Å². The van der Waals surface area contributed by atoms with Crippen LogP contribution in [-0.2, 0) is 9.53 Å². The van der Waals surface area contributed by atoms with E-state index in [1.54, 1.807) is 0 Å². The molecule has 0 saturated carbocycles. The molecule has 0 bridgehead atoms. The number of carbonyl (C=O) groups excluding carboxylic acids is 1. The summed E-state index contributed by atoms with van der Waals surface area (Å²) in [5, 5.41) is 3.39. The third kappa shape index (κ3) is 3.73. The maximum Gasteiger partial charge on any atom is 0.312 e. The maximum atomic E-state index is 12.1. The Labute approximate surface area is 144 Å². The first-order valence-electron chi connectivity index (χ1n) is 8.92. The summed E-state index contributed by atoms with van der Waals surface area (Å²) in [7, 11) is 0. The van der Waals surface area contributed by atoms with E-state index in [0.717, 1.165) is 13.1 Å². The van der Waals surface area contributed by atoms with E-state index in [1.165, 1.54) is 24.1 Å². The predicted molar refractivity (Wildman–Crippen MR) is 95.7 cm³/mol. The van der Waals surface area contributed by atoms with E-state index in [-0.39, 0.29) is 24.3 Å². The fraction of sp³-hybridized carbons (Fsp3) is 0.632. The number of ether oxygens (including phenoxy) is 1. The van der Waals surface area contributed by atoms with Gasteiger partial charge in [-0.15, -0.1) is 0 Å². The Bertz CT molecular complexity index is 591. The Morgan fingerprint density at radius 2 is 2.00 bits per heavy atom. The van der Waals surface area contributed by atoms with Crippen molar-refractivity contribution >= 4 is 11.7 Å². The van der Waals surface area contributed by atoms with Gasteiger partial charge in [-0.1, -0.05) is 12.1 Å². The molecule has 2 saturated heterocycles. The van der Waals surface area contributed by atoms with E-state index in [0.29, 0.717) is 6.42 Å². The molecule has 0 spiro atoms. The van der Waals surface area contributed by atoms with Gasteiger partial charge in [0.2, 0.25) is 0 Å². The van der Waals surface area contributed by atoms with Crippen LogP contribution in [0.15, 0.2) is 24.3 Å². The predicted octanol–water partition coefficient (Wildman–Crippen LogP) is 2.56. The molecule has 132 valence electrons. The summed E-state index contributed by atoms with van der Waals surface area (Å²) in [5.74, 6) is -0.196. The molecule has 2 aliphatic heterocycles. The highest BCUT2D eigenvalue weighted by atomic mass is 16.6. The van der Waals surface area contributed by atoms with Crippen molar-refractivity contribution < 1.29 is 9.53 Å². The molecule has 0 aromatic heterocycles. The lowest BCUT2D eigenvalue weighted by molar-refractivity contribution is -0.159. The third-order valence-electron chi connectivity index (χ3n) is 4.84. The number of hydrogen-bond acceptors (Lipinski definition) is 5. The van der Waals surface area contributed by atoms with Crippen molar-refractivity contribution in [3.05, 3.63) is 29.8 Å². The quantitative estimate of drug-likeness (QED) is 0.833. The van der Waals surface area contributed by atoms with Crippen LogP contribution in [0.5, 0.6) is 0 Å². The molecule has 3 rings (SSSR count). The lowest BCUT2D eigenvalue weighted by Gasteiger charge is -2.23. The van der Waals surface area contributed by atoms with Crippen LogP contribution in [0.3, 0.4) is 0 Å². The normalized spacial score (nSPS) is 27.5. The Balaban J connectivity index is 1.69. The fourth-order valence-corrected chi connectivity index (χ4v) is 3.40. The Morgan fingerprint density at radius 3 is 2.67 bits per heavy atom. The van der Waals surface area contributed by atoms with E-state index in [1.807, 2.05) is 20.8 Å². The van der Waals surface area contributed by atoms with Crippen molar-refractivity contribution in [1.82, 2.24) is 5.32 Å². The second-order valence-corrected chi connectivity index (χ2v) is 7.98. The van der Waals surface area contributed by atoms with Crippen LogP contribution < -0.4 is 16.0 Å². The average Bonchev–Trinajstić information content (AvgIpc) is 3.16. The van der Waals surface area contributed by atoms with Gasteiger partial charge in [-0.2, -0.15) is 0 Å². The van der Waals surface area contributed by atoms with Gasteiger partial charge < -0.3 is 15.4 Å². The zero-order chi connectivity index (χ0) is 17.3. The number of nitrogens with two attached hydrogens (primary N) is 1. The number of hydrogen-bond donors (Lipinski definition) is 2. The summed E-state index contributed by atoms with van der Waals surface area (Å²) >= 11 is 0. The van der Waals surface area contributed by atoms with Gasteiger partial charge in [0, 0.05) is 31.2 Å². The minimum Gasteiger partial charge on any atom is -0.446 e. The van der Waals surface area contributed by atoms with Crippen LogP contribution in [0.4, 0.5) is 5.69 Å². The molecule has 2 aliphatic rings. The van der Waals surface area contributed by atoms with Crippen molar-refractivity contribution in [3.63, 3.8) is 0 Å². The summed E-state index contributed by atoms with van der Waals surface area (Å²) in [4.78, 5) is 14.5. The standard InChI is InChI=1S/C19H29N3O2/c1-19(2,3)18(23)24-16-12-15(20)17(21-16)13-7-6-8-14(11-13)22-9-4-5-10-22/h6-8,11,15-17,21H,4-5,9-10,12,20H2,1-3H3. The van der Waals surface area contributed by atoms with Gasteiger partial charge in [-0.05, 0) is 51.3 Å². The number of benzene rings is 1. The Kier molecular flexibility index (Phi) is 4.83. The highest BCUT2D eigenvalue weighted by molar-refractivity contribution is 5.75. The molecule has 1 aromatic rings. The number of anilines is 1. The first-order valence-corrected chi connectivity index (χ1v) is 8.92. The molecular weight excluding hydrogens is 302 g/mol. The number of nitrogens with zero attached hydrogens (tertiary/aromatic N) is 1. The summed E-state index contributed by atoms with van der Waals surface area (Å²) in [6.45, 7) is 7.84. The molecule has 3 atom stereocenters. The highest BCUT2D eigenvalue weighted by Gasteiger charge is 2.36. The molecular formula is C19H29N3O2. The SMILES string of the molecule is CC(C)(C)C(=O)OC1CC(N)C(c2cccc(N3CCCC3)c2)N1. The Hall–Kier alpha value is -1.59. The van der Waals surface area contributed by atoms with Gasteiger partial charge in [0.15, 0.2) is 6.23 Å². The molecule has 3 unspecified atom stereocenters. The van der Waals surface area contributed by atoms with Crippen molar-refractivity contribution in [1.29, 1.82) is 0 Å². The van der Waals surface area contributed by atoms with Crippen molar-refractivity contribution in [3.8, 4) is 0 Å². The van der Waals surface area contributed by atoms with Crippen LogP contribution in [0.1, 0.15) is 51.6 Å². The lowest BCUT2D eigenvalue weighted by atomic mass is 9.97. The van der Waals surface area contributed by atoms with Gasteiger partial charge >= 0.3 is 5.97 Å². The molecule has 3 N–H and O–H groups in total. The molecule has 0 amide bonds. The molecule has 0 aliphatic carbocycles. The lowest BCUT2D eigenvalue weighted by Crippen LogP contribution is -2.34. The van der Waals surface area contributed by atoms with E-state index >= 15 is 0 Å². The van der Waals surface area contributed by atoms with E-state index < -0.39 is 5.41 Å². The summed E-state index contributed by atoms with van der Waals surface area (Å²) in [6.07, 6.45) is 2.85. The monoisotopic (exact) mass is 331 g/mol. The van der Waals surface area contributed by atoms with Crippen molar-refractivity contribution in [2.75, 3.05) is 18.0 Å². The highest BCUT2D eigenvalue weighted by Crippen LogP contribution is 2.30. The van der Waals surface area contributed by atoms with Crippen molar-refractivity contribution in [2.24, 2.45) is 11.1 Å². The van der Waals surface area contributed by atoms with E-state index in [4.69, 9.17) is 10.5 Å². The minimum absolute atomic E-state index is 0.0188. The van der Waals surface area contributed by atoms with E-state index in [9.17, 15) is 4.79 Å². The maximum absolute atomic E-state index is 12.1. The second-order valence-electron chi connectivity index (χ2n) is 7.98. The zero-order valence-electron chi connectivity index (χ0n) is 14.9. The van der Waals surface area contributed by atoms with Gasteiger partial charge in [-0.25, -0.2) is 0 Å². The van der Waals surface area contributed by atoms with Gasteiger partial charge in [0.05, 0.1) is 11.5 Å². The molecule has 5 heteroatoms. The topological polar surface area (TPSA) is 67.6 Å². The number of rotatable bonds is 3. The largest absolute Gasteiger partial charge is 0.446 e. The van der Waals surface area contributed by atoms with Crippen LogP contribution in [0.25, 0.3) is 0 Å². The van der Waals surface area contributed by atoms with Gasteiger partial charge in [-0.3, -0.25) is 10.1 Å². The van der Waals surface area contributed by atoms with Crippen molar-refractivity contribution in [2.45, 2.75) is 58.3 Å². The smallest absolute Gasteiger partial charge is 0.312 e. The van der Waals surface area contributed by atoms with Crippen LogP contribution in [-0.4, -0.2) is 31.3 Å². The van der Waals surface area contributed by atoms with Crippen LogP contribution in [0, 0.1) is 5.41 Å². The zero-order valence-corrected chi connectivity index (χ0v) is 14.9. The molecule has 0 radical (unpaired) electrons. The molecule has 1 aromatic carbocycles. The van der Waals surface area contributed by atoms with E-state index in [2.05, 4.69) is 34.5 Å². The average molecular weight is 331 g/mol. The number of nitrogens with one attached hydrogen (secondary N) is 1. The summed E-state index contributed by atoms with van der Waals surface area (Å²) < 4.78 is 5.59. The first-order chi connectivity index (χ1) is 11.3. The fourth-order valence-electron chi connectivity index (χ4n) is 3.40. The van der Waals surface area contributed by atoms with Crippen LogP contribution in [0.2, 0.25) is 0 Å². The number of carbonyl (C=O) groups is 1. The van der Waals surface area contributed by atoms with Gasteiger partial charge in [0.1, 0.15) is 0 Å². The molecule has 5 nitrogen and oxygen atoms in total. The molecule has 2 fully saturated rings. The summed E-state index contributed by atoms with van der Waals surface area (Å²) in [5.41, 5.74) is 8.25. The number of esters is 1. The minimum atomic E-state index is -0.500.